The summed E-state index contributed by atoms with van der Waals surface area (Å²) in [5.74, 6) is -3.74. The Balaban J connectivity index is 1.19. The molecule has 5 rings (SSSR count). The van der Waals surface area contributed by atoms with Crippen molar-refractivity contribution < 1.29 is 32.1 Å². The fraction of sp³-hybridized carbons (Fsp3) is 0.419. The second-order valence-electron chi connectivity index (χ2n) is 10.4. The number of ether oxygens (including phenoxy) is 2. The molecule has 2 fully saturated rings. The van der Waals surface area contributed by atoms with Gasteiger partial charge < -0.3 is 14.6 Å². The molecular formula is C31H32F4O3. The minimum absolute atomic E-state index is 0.117. The van der Waals surface area contributed by atoms with Gasteiger partial charge in [-0.25, -0.2) is 13.2 Å². The third kappa shape index (κ3) is 5.59. The number of epoxide rings is 1. The second-order valence-corrected chi connectivity index (χ2v) is 10.4. The topological polar surface area (TPSA) is 42.0 Å². The first-order valence-electron chi connectivity index (χ1n) is 13.4. The molecule has 3 aromatic carbocycles. The van der Waals surface area contributed by atoms with Crippen LogP contribution in [0.5, 0.6) is 5.75 Å². The van der Waals surface area contributed by atoms with Crippen LogP contribution in [0.3, 0.4) is 0 Å². The van der Waals surface area contributed by atoms with Crippen LogP contribution < -0.4 is 4.74 Å². The van der Waals surface area contributed by atoms with Crippen LogP contribution in [-0.4, -0.2) is 18.3 Å². The smallest absolute Gasteiger partial charge is 0.200 e. The molecule has 38 heavy (non-hydrogen) atoms. The van der Waals surface area contributed by atoms with Gasteiger partial charge in [0.2, 0.25) is 5.82 Å². The van der Waals surface area contributed by atoms with Gasteiger partial charge in [-0.2, -0.15) is 4.39 Å². The molecule has 1 N–H and O–H groups in total. The highest BCUT2D eigenvalue weighted by molar-refractivity contribution is 5.65. The van der Waals surface area contributed by atoms with E-state index in [4.69, 9.17) is 9.47 Å². The zero-order valence-electron chi connectivity index (χ0n) is 21.4. The summed E-state index contributed by atoms with van der Waals surface area (Å²) in [6.45, 7) is 2.62. The molecule has 1 aliphatic carbocycles. The van der Waals surface area contributed by atoms with E-state index in [1.165, 1.54) is 12.1 Å². The Labute approximate surface area is 220 Å². The molecule has 0 spiro atoms. The predicted octanol–water partition coefficient (Wildman–Crippen LogP) is 8.17. The zero-order chi connectivity index (χ0) is 26.8. The Hall–Kier alpha value is -2.90. The second kappa shape index (κ2) is 11.5. The molecule has 3 nitrogen and oxygen atoms in total. The summed E-state index contributed by atoms with van der Waals surface area (Å²) in [5, 5.41) is 10.1. The van der Waals surface area contributed by atoms with E-state index in [1.54, 1.807) is 36.4 Å². The summed E-state index contributed by atoms with van der Waals surface area (Å²) in [7, 11) is 0. The largest absolute Gasteiger partial charge is 0.490 e. The summed E-state index contributed by atoms with van der Waals surface area (Å²) < 4.78 is 69.5. The third-order valence-corrected chi connectivity index (χ3v) is 7.80. The lowest BCUT2D eigenvalue weighted by molar-refractivity contribution is 0.166. The third-order valence-electron chi connectivity index (χ3n) is 7.80. The maximum absolute atomic E-state index is 15.2. The molecule has 202 valence electrons. The van der Waals surface area contributed by atoms with Crippen molar-refractivity contribution in [2.75, 3.05) is 13.2 Å². The molecule has 2 atom stereocenters. The Morgan fingerprint density at radius 3 is 2.16 bits per heavy atom. The highest BCUT2D eigenvalue weighted by Crippen LogP contribution is 2.40. The van der Waals surface area contributed by atoms with E-state index in [1.807, 2.05) is 6.92 Å². The number of halogens is 4. The van der Waals surface area contributed by atoms with E-state index in [-0.39, 0.29) is 41.4 Å². The Morgan fingerprint density at radius 2 is 1.50 bits per heavy atom. The maximum Gasteiger partial charge on any atom is 0.200 e. The first kappa shape index (κ1) is 26.7. The van der Waals surface area contributed by atoms with Gasteiger partial charge in [0, 0.05) is 11.1 Å². The van der Waals surface area contributed by atoms with Gasteiger partial charge in [-0.05, 0) is 72.8 Å². The standard InChI is InChI=1S/C31H32F4O3/c1-2-3-25(36)21-10-8-20(9-11-21)23-13-12-22(28(32)29(23)33)19-6-4-18(5-7-19)16-37-26-15-14-24(27-17-38-27)30(34)31(26)35/h8-15,18-19,25,27,36H,2-7,16-17H2,1H3. The number of rotatable bonds is 9. The van der Waals surface area contributed by atoms with Crippen LogP contribution in [0.1, 0.15) is 80.3 Å². The van der Waals surface area contributed by atoms with Gasteiger partial charge in [0.1, 0.15) is 6.10 Å². The van der Waals surface area contributed by atoms with Gasteiger partial charge >= 0.3 is 0 Å². The minimum atomic E-state index is -1.00. The van der Waals surface area contributed by atoms with Crippen LogP contribution in [0.4, 0.5) is 17.6 Å². The van der Waals surface area contributed by atoms with Crippen molar-refractivity contribution in [1.82, 2.24) is 0 Å². The lowest BCUT2D eigenvalue weighted by Gasteiger charge is -2.29. The fourth-order valence-electron chi connectivity index (χ4n) is 5.41. The number of benzene rings is 3. The minimum Gasteiger partial charge on any atom is -0.490 e. The van der Waals surface area contributed by atoms with E-state index in [9.17, 15) is 13.9 Å². The van der Waals surface area contributed by atoms with Gasteiger partial charge in [0.15, 0.2) is 23.2 Å². The number of hydrogen-bond acceptors (Lipinski definition) is 3. The quantitative estimate of drug-likeness (QED) is 0.225. The fourth-order valence-corrected chi connectivity index (χ4v) is 5.41. The Morgan fingerprint density at radius 1 is 0.842 bits per heavy atom. The normalized spacial score (nSPS) is 21.8. The van der Waals surface area contributed by atoms with E-state index in [2.05, 4.69) is 0 Å². The number of hydrogen-bond donors (Lipinski definition) is 1. The van der Waals surface area contributed by atoms with Crippen molar-refractivity contribution in [3.8, 4) is 16.9 Å². The van der Waals surface area contributed by atoms with Crippen LogP contribution in [0, 0.1) is 29.2 Å². The first-order chi connectivity index (χ1) is 18.4. The van der Waals surface area contributed by atoms with Crippen molar-refractivity contribution >= 4 is 0 Å². The molecule has 0 aromatic heterocycles. The van der Waals surface area contributed by atoms with Gasteiger partial charge in [-0.15, -0.1) is 0 Å². The summed E-state index contributed by atoms with van der Waals surface area (Å²) in [6, 6.07) is 13.1. The van der Waals surface area contributed by atoms with Crippen LogP contribution in [0.25, 0.3) is 11.1 Å². The highest BCUT2D eigenvalue weighted by atomic mass is 19.2. The van der Waals surface area contributed by atoms with E-state index in [0.29, 0.717) is 49.8 Å². The number of aliphatic hydroxyl groups is 1. The summed E-state index contributed by atoms with van der Waals surface area (Å²) in [4.78, 5) is 0. The molecule has 3 aromatic rings. The van der Waals surface area contributed by atoms with Crippen LogP contribution in [0.15, 0.2) is 48.5 Å². The molecule has 1 heterocycles. The van der Waals surface area contributed by atoms with E-state index >= 15 is 8.78 Å². The monoisotopic (exact) mass is 528 g/mol. The van der Waals surface area contributed by atoms with Gasteiger partial charge in [0.25, 0.3) is 0 Å². The summed E-state index contributed by atoms with van der Waals surface area (Å²) >= 11 is 0. The Bertz CT molecular complexity index is 1270. The molecule has 0 amide bonds. The predicted molar refractivity (Wildman–Crippen MR) is 137 cm³/mol. The molecule has 1 saturated carbocycles. The van der Waals surface area contributed by atoms with Crippen LogP contribution >= 0.6 is 0 Å². The number of aliphatic hydroxyl groups excluding tert-OH is 1. The van der Waals surface area contributed by atoms with Crippen molar-refractivity contribution in [2.45, 2.75) is 63.6 Å². The van der Waals surface area contributed by atoms with Crippen LogP contribution in [0.2, 0.25) is 0 Å². The Kier molecular flexibility index (Phi) is 8.05. The highest BCUT2D eigenvalue weighted by Gasteiger charge is 2.31. The summed E-state index contributed by atoms with van der Waals surface area (Å²) in [5.41, 5.74) is 2.08. The van der Waals surface area contributed by atoms with E-state index in [0.717, 1.165) is 12.0 Å². The lowest BCUT2D eigenvalue weighted by Crippen LogP contribution is -2.20. The molecule has 2 aliphatic rings. The first-order valence-corrected chi connectivity index (χ1v) is 13.4. The molecular weight excluding hydrogens is 496 g/mol. The maximum atomic E-state index is 15.2. The van der Waals surface area contributed by atoms with Crippen LogP contribution in [-0.2, 0) is 4.74 Å². The van der Waals surface area contributed by atoms with Crippen molar-refractivity contribution in [2.24, 2.45) is 5.92 Å². The van der Waals surface area contributed by atoms with Gasteiger partial charge in [-0.1, -0.05) is 49.7 Å². The average molecular weight is 529 g/mol. The molecule has 0 radical (unpaired) electrons. The molecule has 1 saturated heterocycles. The SMILES string of the molecule is CCCC(O)c1ccc(-c2ccc(C3CCC(COc4ccc(C5CO5)c(F)c4F)CC3)c(F)c2F)cc1. The van der Waals surface area contributed by atoms with Crippen molar-refractivity contribution in [1.29, 1.82) is 0 Å². The summed E-state index contributed by atoms with van der Waals surface area (Å²) in [6.07, 6.45) is 3.29. The average Bonchev–Trinajstić information content (AvgIpc) is 3.77. The molecule has 0 bridgehead atoms. The zero-order valence-corrected chi connectivity index (χ0v) is 21.4. The lowest BCUT2D eigenvalue weighted by atomic mass is 9.78. The van der Waals surface area contributed by atoms with Crippen molar-refractivity contribution in [3.63, 3.8) is 0 Å². The molecule has 7 heteroatoms. The molecule has 2 unspecified atom stereocenters. The van der Waals surface area contributed by atoms with Gasteiger partial charge in [0.05, 0.1) is 19.3 Å². The van der Waals surface area contributed by atoms with Crippen molar-refractivity contribution in [3.05, 3.63) is 88.5 Å². The van der Waals surface area contributed by atoms with E-state index < -0.39 is 29.4 Å². The van der Waals surface area contributed by atoms with Gasteiger partial charge in [-0.3, -0.25) is 0 Å². The molecule has 1 aliphatic heterocycles.